The fourth-order valence-electron chi connectivity index (χ4n) is 1.52. The quantitative estimate of drug-likeness (QED) is 0.800. The molecule has 0 amide bonds. The Bertz CT molecular complexity index is 471. The minimum Gasteiger partial charge on any atom is -0.506 e. The highest BCUT2D eigenvalue weighted by Gasteiger charge is 1.99. The molecule has 0 saturated heterocycles. The second-order valence-electron chi connectivity index (χ2n) is 3.73. The number of hydrogen-bond acceptors (Lipinski definition) is 3. The summed E-state index contributed by atoms with van der Waals surface area (Å²) in [4.78, 5) is 0. The van der Waals surface area contributed by atoms with Gasteiger partial charge in [0.15, 0.2) is 0 Å². The van der Waals surface area contributed by atoms with E-state index < -0.39 is 0 Å². The molecule has 0 unspecified atom stereocenters. The highest BCUT2D eigenvalue weighted by molar-refractivity contribution is 6.32. The van der Waals surface area contributed by atoms with Crippen LogP contribution in [0, 0.1) is 0 Å². The van der Waals surface area contributed by atoms with Crippen molar-refractivity contribution in [2.75, 3.05) is 6.54 Å². The predicted molar refractivity (Wildman–Crippen MR) is 67.1 cm³/mol. The molecule has 0 fully saturated rings. The third-order valence-corrected chi connectivity index (χ3v) is 2.72. The maximum absolute atomic E-state index is 9.28. The van der Waals surface area contributed by atoms with E-state index in [4.69, 9.17) is 11.6 Å². The Labute approximate surface area is 105 Å². The molecule has 1 heterocycles. The van der Waals surface area contributed by atoms with E-state index in [0.717, 1.165) is 25.2 Å². The van der Waals surface area contributed by atoms with E-state index in [-0.39, 0.29) is 5.75 Å². The van der Waals surface area contributed by atoms with Gasteiger partial charge in [-0.1, -0.05) is 17.7 Å². The first-order chi connectivity index (χ1) is 8.25. The summed E-state index contributed by atoms with van der Waals surface area (Å²) in [6.07, 6.45) is 3.69. The van der Waals surface area contributed by atoms with Crippen molar-refractivity contribution in [1.82, 2.24) is 15.1 Å². The summed E-state index contributed by atoms with van der Waals surface area (Å²) in [6.45, 7) is 2.39. The van der Waals surface area contributed by atoms with Gasteiger partial charge in [-0.05, 0) is 23.8 Å². The fourth-order valence-corrected chi connectivity index (χ4v) is 1.72. The lowest BCUT2D eigenvalue weighted by Crippen LogP contribution is -2.19. The zero-order valence-electron chi connectivity index (χ0n) is 9.31. The molecule has 2 rings (SSSR count). The summed E-state index contributed by atoms with van der Waals surface area (Å²) < 4.78 is 1.87. The highest BCUT2D eigenvalue weighted by atomic mass is 35.5. The number of nitrogens with one attached hydrogen (secondary N) is 1. The standard InChI is InChI=1S/C12H14ClN3O/c13-11-8-10(2-3-12(11)17)9-14-5-7-16-6-1-4-15-16/h1-4,6,8,14,17H,5,7,9H2. The van der Waals surface area contributed by atoms with Gasteiger partial charge >= 0.3 is 0 Å². The summed E-state index contributed by atoms with van der Waals surface area (Å²) in [5.74, 6) is 0.118. The molecule has 2 N–H and O–H groups in total. The van der Waals surface area contributed by atoms with E-state index in [1.807, 2.05) is 23.0 Å². The molecule has 1 aromatic carbocycles. The minimum atomic E-state index is 0.118. The summed E-state index contributed by atoms with van der Waals surface area (Å²) in [7, 11) is 0. The Kier molecular flexibility index (Phi) is 4.01. The maximum Gasteiger partial charge on any atom is 0.134 e. The number of aromatic nitrogens is 2. The normalized spacial score (nSPS) is 10.6. The molecule has 4 nitrogen and oxygen atoms in total. The number of halogens is 1. The van der Waals surface area contributed by atoms with Gasteiger partial charge in [-0.25, -0.2) is 0 Å². The molecule has 17 heavy (non-hydrogen) atoms. The number of phenolic OH excluding ortho intramolecular Hbond substituents is 1. The van der Waals surface area contributed by atoms with Crippen LogP contribution in [0.4, 0.5) is 0 Å². The van der Waals surface area contributed by atoms with E-state index in [2.05, 4.69) is 10.4 Å². The predicted octanol–water partition coefficient (Wildman–Crippen LogP) is 2.03. The summed E-state index contributed by atoms with van der Waals surface area (Å²) in [6, 6.07) is 7.12. The molecule has 0 bridgehead atoms. The molecule has 0 radical (unpaired) electrons. The van der Waals surface area contributed by atoms with E-state index in [1.165, 1.54) is 0 Å². The van der Waals surface area contributed by atoms with Crippen LogP contribution in [0.1, 0.15) is 5.56 Å². The smallest absolute Gasteiger partial charge is 0.134 e. The number of benzene rings is 1. The van der Waals surface area contributed by atoms with Gasteiger partial charge in [-0.15, -0.1) is 0 Å². The molecule has 0 saturated carbocycles. The third-order valence-electron chi connectivity index (χ3n) is 2.42. The second kappa shape index (κ2) is 5.70. The first-order valence-electron chi connectivity index (χ1n) is 5.41. The molecule has 1 aromatic heterocycles. The number of rotatable bonds is 5. The van der Waals surface area contributed by atoms with Crippen molar-refractivity contribution >= 4 is 11.6 Å². The van der Waals surface area contributed by atoms with Crippen LogP contribution < -0.4 is 5.32 Å². The van der Waals surface area contributed by atoms with Crippen molar-refractivity contribution in [2.24, 2.45) is 0 Å². The fraction of sp³-hybridized carbons (Fsp3) is 0.250. The van der Waals surface area contributed by atoms with E-state index in [1.54, 1.807) is 18.3 Å². The Morgan fingerprint density at radius 2 is 2.29 bits per heavy atom. The van der Waals surface area contributed by atoms with Crippen molar-refractivity contribution in [1.29, 1.82) is 0 Å². The van der Waals surface area contributed by atoms with Crippen LogP contribution >= 0.6 is 11.6 Å². The average Bonchev–Trinajstić information content (AvgIpc) is 2.82. The van der Waals surface area contributed by atoms with Crippen LogP contribution in [0.15, 0.2) is 36.7 Å². The summed E-state index contributed by atoms with van der Waals surface area (Å²) in [5.41, 5.74) is 1.05. The number of hydrogen-bond donors (Lipinski definition) is 2. The SMILES string of the molecule is Oc1ccc(CNCCn2cccn2)cc1Cl. The molecular weight excluding hydrogens is 238 g/mol. The Morgan fingerprint density at radius 1 is 1.41 bits per heavy atom. The van der Waals surface area contributed by atoms with Crippen LogP contribution in [0.2, 0.25) is 5.02 Å². The van der Waals surface area contributed by atoms with E-state index >= 15 is 0 Å². The van der Waals surface area contributed by atoms with Gasteiger partial charge in [0.25, 0.3) is 0 Å². The highest BCUT2D eigenvalue weighted by Crippen LogP contribution is 2.23. The second-order valence-corrected chi connectivity index (χ2v) is 4.14. The zero-order valence-corrected chi connectivity index (χ0v) is 10.1. The number of phenols is 1. The van der Waals surface area contributed by atoms with Gasteiger partial charge in [-0.3, -0.25) is 4.68 Å². The summed E-state index contributed by atoms with van der Waals surface area (Å²) >= 11 is 5.82. The molecule has 0 spiro atoms. The van der Waals surface area contributed by atoms with Crippen molar-refractivity contribution in [2.45, 2.75) is 13.1 Å². The maximum atomic E-state index is 9.28. The Morgan fingerprint density at radius 3 is 3.00 bits per heavy atom. The Balaban J connectivity index is 1.76. The molecule has 0 aliphatic carbocycles. The van der Waals surface area contributed by atoms with Crippen LogP contribution in [-0.4, -0.2) is 21.4 Å². The molecule has 0 aliphatic heterocycles. The topological polar surface area (TPSA) is 50.1 Å². The van der Waals surface area contributed by atoms with Crippen molar-refractivity contribution < 1.29 is 5.11 Å². The van der Waals surface area contributed by atoms with Crippen LogP contribution in [0.25, 0.3) is 0 Å². The molecular formula is C12H14ClN3O. The number of aromatic hydroxyl groups is 1. The molecule has 0 atom stereocenters. The lowest BCUT2D eigenvalue weighted by Gasteiger charge is -2.06. The van der Waals surface area contributed by atoms with Crippen LogP contribution in [0.3, 0.4) is 0 Å². The average molecular weight is 252 g/mol. The van der Waals surface area contributed by atoms with Gasteiger partial charge in [0.2, 0.25) is 0 Å². The first-order valence-corrected chi connectivity index (χ1v) is 5.79. The van der Waals surface area contributed by atoms with Gasteiger partial charge in [0, 0.05) is 25.5 Å². The minimum absolute atomic E-state index is 0.118. The van der Waals surface area contributed by atoms with Crippen molar-refractivity contribution in [3.8, 4) is 5.75 Å². The molecule has 0 aliphatic rings. The molecule has 90 valence electrons. The number of nitrogens with zero attached hydrogens (tertiary/aromatic N) is 2. The zero-order chi connectivity index (χ0) is 12.1. The summed E-state index contributed by atoms with van der Waals surface area (Å²) in [5, 5.41) is 17.1. The van der Waals surface area contributed by atoms with Crippen molar-refractivity contribution in [3.63, 3.8) is 0 Å². The third kappa shape index (κ3) is 3.47. The van der Waals surface area contributed by atoms with Gasteiger partial charge in [0.1, 0.15) is 5.75 Å². The van der Waals surface area contributed by atoms with Gasteiger partial charge < -0.3 is 10.4 Å². The monoisotopic (exact) mass is 251 g/mol. The molecule has 2 aromatic rings. The van der Waals surface area contributed by atoms with E-state index in [0.29, 0.717) is 5.02 Å². The van der Waals surface area contributed by atoms with E-state index in [9.17, 15) is 5.11 Å². The Hall–Kier alpha value is -1.52. The van der Waals surface area contributed by atoms with Crippen LogP contribution in [-0.2, 0) is 13.1 Å². The molecule has 5 heteroatoms. The largest absolute Gasteiger partial charge is 0.506 e. The van der Waals surface area contributed by atoms with Crippen LogP contribution in [0.5, 0.6) is 5.75 Å². The lowest BCUT2D eigenvalue weighted by atomic mass is 10.2. The lowest BCUT2D eigenvalue weighted by molar-refractivity contribution is 0.475. The van der Waals surface area contributed by atoms with Gasteiger partial charge in [0.05, 0.1) is 11.6 Å². The van der Waals surface area contributed by atoms with Gasteiger partial charge in [-0.2, -0.15) is 5.10 Å². The first kappa shape index (κ1) is 12.0. The van der Waals surface area contributed by atoms with Crippen molar-refractivity contribution in [3.05, 3.63) is 47.2 Å².